The number of sulfone groups is 1. The molecule has 0 bridgehead atoms. The van der Waals surface area contributed by atoms with Gasteiger partial charge in [0.2, 0.25) is 0 Å². The van der Waals surface area contributed by atoms with Gasteiger partial charge in [0, 0.05) is 0 Å². The van der Waals surface area contributed by atoms with Crippen LogP contribution in [0.3, 0.4) is 0 Å². The van der Waals surface area contributed by atoms with Crippen molar-refractivity contribution in [2.75, 3.05) is 11.5 Å². The van der Waals surface area contributed by atoms with E-state index in [0.717, 1.165) is 0 Å². The Morgan fingerprint density at radius 1 is 1.44 bits per heavy atom. The summed E-state index contributed by atoms with van der Waals surface area (Å²) in [4.78, 5) is 12.1. The molecule has 0 amide bonds. The third kappa shape index (κ3) is 4.45. The molecule has 1 heterocycles. The molecule has 0 fully saturated rings. The van der Waals surface area contributed by atoms with Crippen LogP contribution in [0.15, 0.2) is 17.5 Å². The van der Waals surface area contributed by atoms with Gasteiger partial charge in [-0.05, 0) is 23.8 Å². The van der Waals surface area contributed by atoms with Gasteiger partial charge in [0.1, 0.15) is 5.75 Å². The van der Waals surface area contributed by atoms with Crippen molar-refractivity contribution in [1.29, 1.82) is 0 Å². The molecular formula is C11H16O3S2. The number of hydrogen-bond acceptors (Lipinski definition) is 4. The highest BCUT2D eigenvalue weighted by Gasteiger charge is 2.18. The fraction of sp³-hybridized carbons (Fsp3) is 0.545. The van der Waals surface area contributed by atoms with E-state index in [1.165, 1.54) is 11.3 Å². The van der Waals surface area contributed by atoms with Crippen molar-refractivity contribution in [1.82, 2.24) is 0 Å². The van der Waals surface area contributed by atoms with Crippen LogP contribution in [0.1, 0.15) is 29.9 Å². The van der Waals surface area contributed by atoms with Gasteiger partial charge in [0.05, 0.1) is 10.6 Å². The molecule has 0 radical (unpaired) electrons. The van der Waals surface area contributed by atoms with Gasteiger partial charge in [0.15, 0.2) is 15.6 Å². The molecule has 1 rings (SSSR count). The molecule has 0 aromatic carbocycles. The van der Waals surface area contributed by atoms with E-state index in [0.29, 0.717) is 17.2 Å². The third-order valence-electron chi connectivity index (χ3n) is 2.15. The summed E-state index contributed by atoms with van der Waals surface area (Å²) in [5.41, 5.74) is 0. The van der Waals surface area contributed by atoms with Crippen LogP contribution in [0.25, 0.3) is 0 Å². The van der Waals surface area contributed by atoms with Crippen molar-refractivity contribution < 1.29 is 13.2 Å². The van der Waals surface area contributed by atoms with Crippen LogP contribution in [0.4, 0.5) is 0 Å². The smallest absolute Gasteiger partial charge is 0.187 e. The Balaban J connectivity index is 2.56. The zero-order valence-electron chi connectivity index (χ0n) is 9.47. The summed E-state index contributed by atoms with van der Waals surface area (Å²) < 4.78 is 23.2. The minimum Gasteiger partial charge on any atom is -0.292 e. The number of carbonyl (C=O) groups excluding carboxylic acids is 1. The quantitative estimate of drug-likeness (QED) is 0.738. The summed E-state index contributed by atoms with van der Waals surface area (Å²) in [5.74, 6) is -0.215. The lowest BCUT2D eigenvalue weighted by atomic mass is 10.2. The molecular weight excluding hydrogens is 244 g/mol. The summed E-state index contributed by atoms with van der Waals surface area (Å²) >= 11 is 1.28. The molecule has 0 aliphatic carbocycles. The van der Waals surface area contributed by atoms with E-state index >= 15 is 0 Å². The normalized spacial score (nSPS) is 11.9. The Hall–Kier alpha value is -0.680. The minimum absolute atomic E-state index is 0.0990. The zero-order valence-corrected chi connectivity index (χ0v) is 11.1. The predicted molar refractivity (Wildman–Crippen MR) is 66.8 cm³/mol. The Morgan fingerprint density at radius 3 is 2.62 bits per heavy atom. The highest BCUT2D eigenvalue weighted by molar-refractivity contribution is 7.92. The van der Waals surface area contributed by atoms with Crippen molar-refractivity contribution in [2.45, 2.75) is 20.3 Å². The predicted octanol–water partition coefficient (Wildman–Crippen LogP) is 2.39. The molecule has 1 aromatic heterocycles. The molecule has 3 nitrogen and oxygen atoms in total. The maximum atomic E-state index is 11.6. The van der Waals surface area contributed by atoms with Crippen molar-refractivity contribution in [3.8, 4) is 0 Å². The van der Waals surface area contributed by atoms with Crippen LogP contribution in [-0.2, 0) is 9.84 Å². The summed E-state index contributed by atoms with van der Waals surface area (Å²) in [6, 6.07) is 3.41. The second kappa shape index (κ2) is 5.59. The fourth-order valence-corrected chi connectivity index (χ4v) is 3.48. The van der Waals surface area contributed by atoms with Gasteiger partial charge in [-0.15, -0.1) is 11.3 Å². The van der Waals surface area contributed by atoms with E-state index in [1.807, 2.05) is 13.8 Å². The van der Waals surface area contributed by atoms with Crippen LogP contribution in [0, 0.1) is 5.92 Å². The number of thiophene rings is 1. The Kier molecular flexibility index (Phi) is 4.68. The summed E-state index contributed by atoms with van der Waals surface area (Å²) in [6.45, 7) is 3.94. The molecule has 90 valence electrons. The average molecular weight is 260 g/mol. The van der Waals surface area contributed by atoms with Gasteiger partial charge >= 0.3 is 0 Å². The number of rotatable bonds is 6. The van der Waals surface area contributed by atoms with Crippen LogP contribution in [0.2, 0.25) is 0 Å². The zero-order chi connectivity index (χ0) is 12.2. The van der Waals surface area contributed by atoms with Crippen molar-refractivity contribution in [3.63, 3.8) is 0 Å². The van der Waals surface area contributed by atoms with E-state index in [4.69, 9.17) is 0 Å². The molecule has 0 aliphatic rings. The summed E-state index contributed by atoms with van der Waals surface area (Å²) in [5, 5.41) is 1.77. The number of hydrogen-bond donors (Lipinski definition) is 0. The Labute approximate surface area is 100 Å². The monoisotopic (exact) mass is 260 g/mol. The van der Waals surface area contributed by atoms with Gasteiger partial charge in [-0.1, -0.05) is 19.9 Å². The standard InChI is InChI=1S/C11H16O3S2/c1-9(2)5-7-16(13,14)8-10(12)11-4-3-6-15-11/h3-4,6,9H,5,7-8H2,1-2H3. The topological polar surface area (TPSA) is 51.2 Å². The molecule has 0 atom stereocenters. The van der Waals surface area contributed by atoms with Crippen LogP contribution in [-0.4, -0.2) is 25.7 Å². The number of ketones is 1. The molecule has 0 N–H and O–H groups in total. The molecule has 0 spiro atoms. The summed E-state index contributed by atoms with van der Waals surface area (Å²) in [6.07, 6.45) is 0.611. The van der Waals surface area contributed by atoms with Gasteiger partial charge in [0.25, 0.3) is 0 Å². The second-order valence-corrected chi connectivity index (χ2v) is 7.31. The largest absolute Gasteiger partial charge is 0.292 e. The van der Waals surface area contributed by atoms with E-state index < -0.39 is 9.84 Å². The van der Waals surface area contributed by atoms with E-state index in [9.17, 15) is 13.2 Å². The maximum Gasteiger partial charge on any atom is 0.187 e. The first-order valence-corrected chi connectivity index (χ1v) is 7.88. The Morgan fingerprint density at radius 2 is 2.12 bits per heavy atom. The fourth-order valence-electron chi connectivity index (χ4n) is 1.20. The lowest BCUT2D eigenvalue weighted by molar-refractivity contribution is 0.102. The lowest BCUT2D eigenvalue weighted by Crippen LogP contribution is -2.19. The molecule has 0 saturated heterocycles. The van der Waals surface area contributed by atoms with Crippen LogP contribution < -0.4 is 0 Å². The molecule has 1 aromatic rings. The average Bonchev–Trinajstić information content (AvgIpc) is 2.67. The molecule has 0 unspecified atom stereocenters. The highest BCUT2D eigenvalue weighted by atomic mass is 32.2. The SMILES string of the molecule is CC(C)CCS(=O)(=O)CC(=O)c1cccs1. The van der Waals surface area contributed by atoms with E-state index in [1.54, 1.807) is 17.5 Å². The van der Waals surface area contributed by atoms with Crippen molar-refractivity contribution in [2.24, 2.45) is 5.92 Å². The maximum absolute atomic E-state index is 11.6. The highest BCUT2D eigenvalue weighted by Crippen LogP contribution is 2.12. The van der Waals surface area contributed by atoms with Crippen LogP contribution >= 0.6 is 11.3 Å². The second-order valence-electron chi connectivity index (χ2n) is 4.18. The van der Waals surface area contributed by atoms with Gasteiger partial charge in [-0.3, -0.25) is 4.79 Å². The summed E-state index contributed by atoms with van der Waals surface area (Å²) in [7, 11) is -3.24. The third-order valence-corrected chi connectivity index (χ3v) is 4.62. The first-order valence-electron chi connectivity index (χ1n) is 5.18. The van der Waals surface area contributed by atoms with E-state index in [2.05, 4.69) is 0 Å². The number of carbonyl (C=O) groups is 1. The van der Waals surface area contributed by atoms with Crippen molar-refractivity contribution in [3.05, 3.63) is 22.4 Å². The van der Waals surface area contributed by atoms with Gasteiger partial charge < -0.3 is 0 Å². The van der Waals surface area contributed by atoms with Gasteiger partial charge in [-0.2, -0.15) is 0 Å². The molecule has 0 aliphatic heterocycles. The minimum atomic E-state index is -3.24. The first-order chi connectivity index (χ1) is 7.41. The first kappa shape index (κ1) is 13.4. The van der Waals surface area contributed by atoms with Gasteiger partial charge in [-0.25, -0.2) is 8.42 Å². The molecule has 0 saturated carbocycles. The van der Waals surface area contributed by atoms with E-state index in [-0.39, 0.29) is 17.3 Å². The van der Waals surface area contributed by atoms with Crippen LogP contribution in [0.5, 0.6) is 0 Å². The molecule has 5 heteroatoms. The van der Waals surface area contributed by atoms with Crippen molar-refractivity contribution >= 4 is 27.0 Å². The lowest BCUT2D eigenvalue weighted by Gasteiger charge is -2.05. The Bertz CT molecular complexity index is 430. The number of Topliss-reactive ketones (excluding diaryl/α,β-unsaturated/α-hetero) is 1. The molecule has 16 heavy (non-hydrogen) atoms.